The van der Waals surface area contributed by atoms with Crippen LogP contribution in [0, 0.1) is 0 Å². The van der Waals surface area contributed by atoms with Gasteiger partial charge >= 0.3 is 6.09 Å². The first-order valence-corrected chi connectivity index (χ1v) is 8.44. The predicted octanol–water partition coefficient (Wildman–Crippen LogP) is 2.79. The molecule has 0 saturated carbocycles. The van der Waals surface area contributed by atoms with Gasteiger partial charge in [-0.1, -0.05) is 0 Å². The second kappa shape index (κ2) is 8.88. The number of rotatable bonds is 6. The molecule has 1 heterocycles. The highest BCUT2D eigenvalue weighted by molar-refractivity contribution is 5.95. The third-order valence-electron chi connectivity index (χ3n) is 3.23. The molecule has 2 aromatic rings. The average molecular weight is 373 g/mol. The van der Waals surface area contributed by atoms with Crippen LogP contribution in [0.1, 0.15) is 41.7 Å². The van der Waals surface area contributed by atoms with Crippen molar-refractivity contribution in [3.8, 4) is 0 Å². The van der Waals surface area contributed by atoms with E-state index >= 15 is 0 Å². The number of anilines is 1. The Morgan fingerprint density at radius 3 is 2.15 bits per heavy atom. The smallest absolute Gasteiger partial charge is 0.412 e. The van der Waals surface area contributed by atoms with E-state index in [0.717, 1.165) is 0 Å². The van der Waals surface area contributed by atoms with Gasteiger partial charge in [-0.05, 0) is 57.2 Å². The summed E-state index contributed by atoms with van der Waals surface area (Å²) in [4.78, 5) is 35.5. The molecule has 1 aromatic carbocycles. The zero-order chi connectivity index (χ0) is 19.9. The Hall–Kier alpha value is -3.29. The molecule has 2 rings (SSSR count). The van der Waals surface area contributed by atoms with Crippen LogP contribution in [-0.4, -0.2) is 36.6 Å². The normalized spacial score (nSPS) is 10.8. The van der Waals surface area contributed by atoms with E-state index < -0.39 is 11.7 Å². The molecule has 0 bridgehead atoms. The van der Waals surface area contributed by atoms with Crippen LogP contribution in [0.2, 0.25) is 0 Å². The molecule has 0 saturated heterocycles. The number of ether oxygens (including phenoxy) is 1. The Kier molecular flexibility index (Phi) is 6.59. The van der Waals surface area contributed by atoms with Crippen LogP contribution in [0.3, 0.4) is 0 Å². The molecule has 0 atom stereocenters. The van der Waals surface area contributed by atoms with E-state index in [1.54, 1.807) is 57.2 Å². The summed E-state index contributed by atoms with van der Waals surface area (Å²) in [6, 6.07) is 9.57. The maximum atomic E-state index is 12.1. The van der Waals surface area contributed by atoms with E-state index in [2.05, 4.69) is 16.0 Å². The van der Waals surface area contributed by atoms with Gasteiger partial charge in [0.15, 0.2) is 5.76 Å². The lowest BCUT2D eigenvalue weighted by atomic mass is 10.2. The molecule has 0 aliphatic rings. The summed E-state index contributed by atoms with van der Waals surface area (Å²) in [6.45, 7) is 5.86. The molecular weight excluding hydrogens is 350 g/mol. The number of benzene rings is 1. The monoisotopic (exact) mass is 373 g/mol. The molecule has 0 fully saturated rings. The molecule has 0 aliphatic heterocycles. The lowest BCUT2D eigenvalue weighted by molar-refractivity contribution is 0.0635. The van der Waals surface area contributed by atoms with Gasteiger partial charge in [-0.3, -0.25) is 14.9 Å². The van der Waals surface area contributed by atoms with Crippen molar-refractivity contribution < 1.29 is 23.5 Å². The summed E-state index contributed by atoms with van der Waals surface area (Å²) >= 11 is 0. The molecule has 0 spiro atoms. The largest absolute Gasteiger partial charge is 0.459 e. The van der Waals surface area contributed by atoms with Crippen molar-refractivity contribution in [2.45, 2.75) is 26.4 Å². The molecule has 3 N–H and O–H groups in total. The molecule has 1 aromatic heterocycles. The van der Waals surface area contributed by atoms with Crippen LogP contribution in [0.25, 0.3) is 0 Å². The van der Waals surface area contributed by atoms with Crippen LogP contribution < -0.4 is 16.0 Å². The van der Waals surface area contributed by atoms with Crippen LogP contribution in [-0.2, 0) is 4.74 Å². The van der Waals surface area contributed by atoms with Gasteiger partial charge in [0, 0.05) is 24.3 Å². The quantitative estimate of drug-likeness (QED) is 0.675. The Labute approximate surface area is 157 Å². The molecule has 144 valence electrons. The highest BCUT2D eigenvalue weighted by Crippen LogP contribution is 2.13. The highest BCUT2D eigenvalue weighted by Gasteiger charge is 2.16. The fourth-order valence-electron chi connectivity index (χ4n) is 2.08. The van der Waals surface area contributed by atoms with Crippen molar-refractivity contribution in [3.63, 3.8) is 0 Å². The van der Waals surface area contributed by atoms with E-state index in [1.165, 1.54) is 6.26 Å². The van der Waals surface area contributed by atoms with Crippen molar-refractivity contribution in [2.24, 2.45) is 0 Å². The first-order chi connectivity index (χ1) is 12.7. The summed E-state index contributed by atoms with van der Waals surface area (Å²) in [5.41, 5.74) is 0.365. The minimum absolute atomic E-state index is 0.217. The Bertz CT molecular complexity index is 777. The van der Waals surface area contributed by atoms with Gasteiger partial charge in [0.05, 0.1) is 6.26 Å². The minimum Gasteiger partial charge on any atom is -0.459 e. The number of carbonyl (C=O) groups is 3. The van der Waals surface area contributed by atoms with E-state index in [-0.39, 0.29) is 30.7 Å². The van der Waals surface area contributed by atoms with Gasteiger partial charge < -0.3 is 19.8 Å². The number of furan rings is 1. The molecule has 27 heavy (non-hydrogen) atoms. The molecule has 0 unspecified atom stereocenters. The van der Waals surface area contributed by atoms with E-state index in [4.69, 9.17) is 9.15 Å². The average Bonchev–Trinajstić information content (AvgIpc) is 3.12. The third kappa shape index (κ3) is 6.85. The Morgan fingerprint density at radius 2 is 1.59 bits per heavy atom. The molecule has 3 amide bonds. The van der Waals surface area contributed by atoms with Crippen LogP contribution in [0.15, 0.2) is 47.1 Å². The first kappa shape index (κ1) is 20.0. The number of nitrogens with one attached hydrogen (secondary N) is 3. The van der Waals surface area contributed by atoms with E-state index in [9.17, 15) is 14.4 Å². The second-order valence-electron chi connectivity index (χ2n) is 6.69. The standard InChI is InChI=1S/C19H23N3O5/c1-19(2,3)27-18(25)22-14-8-6-13(7-9-14)16(23)20-10-11-21-17(24)15-5-4-12-26-15/h4-9,12H,10-11H2,1-3H3,(H,20,23)(H,21,24)(H,22,25). The lowest BCUT2D eigenvalue weighted by Crippen LogP contribution is -2.34. The summed E-state index contributed by atoms with van der Waals surface area (Å²) in [6.07, 6.45) is 0.852. The zero-order valence-electron chi connectivity index (χ0n) is 15.5. The molecule has 0 radical (unpaired) electrons. The van der Waals surface area contributed by atoms with Crippen LogP contribution in [0.5, 0.6) is 0 Å². The van der Waals surface area contributed by atoms with Gasteiger partial charge in [-0.2, -0.15) is 0 Å². The van der Waals surface area contributed by atoms with E-state index in [0.29, 0.717) is 11.3 Å². The number of carbonyl (C=O) groups excluding carboxylic acids is 3. The lowest BCUT2D eigenvalue weighted by Gasteiger charge is -2.19. The molecule has 8 nitrogen and oxygen atoms in total. The van der Waals surface area contributed by atoms with Gasteiger partial charge in [-0.25, -0.2) is 4.79 Å². The van der Waals surface area contributed by atoms with Gasteiger partial charge in [-0.15, -0.1) is 0 Å². The zero-order valence-corrected chi connectivity index (χ0v) is 15.5. The molecule has 0 aliphatic carbocycles. The number of hydrogen-bond acceptors (Lipinski definition) is 5. The summed E-state index contributed by atoms with van der Waals surface area (Å²) in [7, 11) is 0. The van der Waals surface area contributed by atoms with Gasteiger partial charge in [0.2, 0.25) is 0 Å². The van der Waals surface area contributed by atoms with Gasteiger partial charge in [0.1, 0.15) is 5.60 Å². The van der Waals surface area contributed by atoms with E-state index in [1.807, 2.05) is 0 Å². The summed E-state index contributed by atoms with van der Waals surface area (Å²) < 4.78 is 10.1. The molecular formula is C19H23N3O5. The van der Waals surface area contributed by atoms with Gasteiger partial charge in [0.25, 0.3) is 11.8 Å². The summed E-state index contributed by atoms with van der Waals surface area (Å²) in [5, 5.41) is 7.92. The minimum atomic E-state index is -0.587. The maximum absolute atomic E-state index is 12.1. The number of hydrogen-bond donors (Lipinski definition) is 3. The fraction of sp³-hybridized carbons (Fsp3) is 0.316. The highest BCUT2D eigenvalue weighted by atomic mass is 16.6. The van der Waals surface area contributed by atoms with Crippen LogP contribution >= 0.6 is 0 Å². The Morgan fingerprint density at radius 1 is 0.963 bits per heavy atom. The van der Waals surface area contributed by atoms with Crippen molar-refractivity contribution in [3.05, 3.63) is 54.0 Å². The summed E-state index contributed by atoms with van der Waals surface area (Å²) in [5.74, 6) is -0.410. The van der Waals surface area contributed by atoms with Crippen molar-refractivity contribution >= 4 is 23.6 Å². The van der Waals surface area contributed by atoms with Crippen molar-refractivity contribution in [1.29, 1.82) is 0 Å². The Balaban J connectivity index is 1.75. The second-order valence-corrected chi connectivity index (χ2v) is 6.69. The topological polar surface area (TPSA) is 110 Å². The molecule has 8 heteroatoms. The third-order valence-corrected chi connectivity index (χ3v) is 3.23. The van der Waals surface area contributed by atoms with Crippen molar-refractivity contribution in [1.82, 2.24) is 10.6 Å². The maximum Gasteiger partial charge on any atom is 0.412 e. The van der Waals surface area contributed by atoms with Crippen LogP contribution in [0.4, 0.5) is 10.5 Å². The predicted molar refractivity (Wildman–Crippen MR) is 99.7 cm³/mol. The fourth-order valence-corrected chi connectivity index (χ4v) is 2.08. The first-order valence-electron chi connectivity index (χ1n) is 8.44. The SMILES string of the molecule is CC(C)(C)OC(=O)Nc1ccc(C(=O)NCCNC(=O)c2ccco2)cc1. The van der Waals surface area contributed by atoms with Crippen molar-refractivity contribution in [2.75, 3.05) is 18.4 Å². The number of amides is 3.